The summed E-state index contributed by atoms with van der Waals surface area (Å²) in [7, 11) is 0. The smallest absolute Gasteiger partial charge is 0.237 e. The second kappa shape index (κ2) is 4.30. The van der Waals surface area contributed by atoms with E-state index in [0.29, 0.717) is 17.5 Å². The van der Waals surface area contributed by atoms with Crippen molar-refractivity contribution >= 4 is 17.5 Å². The van der Waals surface area contributed by atoms with E-state index in [9.17, 15) is 4.79 Å². The average Bonchev–Trinajstić information content (AvgIpc) is 2.47. The number of halogens is 1. The predicted octanol–water partition coefficient (Wildman–Crippen LogP) is 0.896. The third kappa shape index (κ3) is 3.08. The van der Waals surface area contributed by atoms with Crippen LogP contribution in [0.3, 0.4) is 0 Å². The van der Waals surface area contributed by atoms with E-state index in [1.165, 1.54) is 0 Å². The Balaban J connectivity index is 2.39. The Morgan fingerprint density at radius 1 is 1.77 bits per heavy atom. The van der Waals surface area contributed by atoms with Crippen LogP contribution in [0.2, 0.25) is 5.22 Å². The second-order valence-corrected chi connectivity index (χ2v) is 3.08. The number of rotatable bonds is 3. The van der Waals surface area contributed by atoms with Crippen LogP contribution in [0.15, 0.2) is 16.5 Å². The van der Waals surface area contributed by atoms with Gasteiger partial charge in [-0.1, -0.05) is 0 Å². The normalized spacial score (nSPS) is 12.5. The number of nitrogens with two attached hydrogens (primary N) is 1. The molecule has 1 heterocycles. The Morgan fingerprint density at radius 2 is 2.46 bits per heavy atom. The first kappa shape index (κ1) is 10.1. The molecule has 0 aromatic carbocycles. The minimum absolute atomic E-state index is 0.215. The molecule has 72 valence electrons. The Kier molecular flexibility index (Phi) is 3.33. The lowest BCUT2D eigenvalue weighted by Crippen LogP contribution is -2.37. The van der Waals surface area contributed by atoms with E-state index in [4.69, 9.17) is 21.8 Å². The first-order chi connectivity index (χ1) is 6.09. The molecule has 4 nitrogen and oxygen atoms in total. The van der Waals surface area contributed by atoms with Gasteiger partial charge in [-0.15, -0.1) is 0 Å². The molecule has 0 saturated carbocycles. The molecule has 3 N–H and O–H groups in total. The van der Waals surface area contributed by atoms with E-state index in [0.717, 1.165) is 0 Å². The van der Waals surface area contributed by atoms with Crippen LogP contribution in [0.4, 0.5) is 0 Å². The van der Waals surface area contributed by atoms with Crippen LogP contribution in [0.5, 0.6) is 0 Å². The molecule has 0 aliphatic heterocycles. The zero-order valence-electron chi connectivity index (χ0n) is 7.21. The highest BCUT2D eigenvalue weighted by Gasteiger charge is 2.07. The lowest BCUT2D eigenvalue weighted by atomic mass is 10.3. The maximum atomic E-state index is 11.0. The SMILES string of the molecule is C[C@@H](N)C(=O)NCc1ccc(Cl)o1. The number of hydrogen-bond donors (Lipinski definition) is 2. The zero-order chi connectivity index (χ0) is 9.84. The molecule has 0 aliphatic carbocycles. The monoisotopic (exact) mass is 202 g/mol. The molecule has 1 aromatic heterocycles. The molecular weight excluding hydrogens is 192 g/mol. The van der Waals surface area contributed by atoms with Gasteiger partial charge >= 0.3 is 0 Å². The Labute approximate surface area is 81.0 Å². The van der Waals surface area contributed by atoms with Gasteiger partial charge in [0.05, 0.1) is 12.6 Å². The zero-order valence-corrected chi connectivity index (χ0v) is 7.97. The summed E-state index contributed by atoms with van der Waals surface area (Å²) in [5.41, 5.74) is 5.34. The van der Waals surface area contributed by atoms with Crippen LogP contribution in [-0.4, -0.2) is 11.9 Å². The third-order valence-electron chi connectivity index (χ3n) is 1.48. The predicted molar refractivity (Wildman–Crippen MR) is 49.2 cm³/mol. The quantitative estimate of drug-likeness (QED) is 0.765. The summed E-state index contributed by atoms with van der Waals surface area (Å²) in [6, 6.07) is 2.81. The molecule has 1 atom stereocenters. The summed E-state index contributed by atoms with van der Waals surface area (Å²) in [6.45, 7) is 1.93. The van der Waals surface area contributed by atoms with Gasteiger partial charge in [-0.2, -0.15) is 0 Å². The minimum atomic E-state index is -0.509. The maximum absolute atomic E-state index is 11.0. The van der Waals surface area contributed by atoms with Crippen molar-refractivity contribution in [3.63, 3.8) is 0 Å². The van der Waals surface area contributed by atoms with Crippen LogP contribution in [0, 0.1) is 0 Å². The molecule has 1 aromatic rings. The number of amides is 1. The first-order valence-corrected chi connectivity index (χ1v) is 4.25. The number of furan rings is 1. The van der Waals surface area contributed by atoms with E-state index >= 15 is 0 Å². The van der Waals surface area contributed by atoms with E-state index < -0.39 is 6.04 Å². The minimum Gasteiger partial charge on any atom is -0.448 e. The van der Waals surface area contributed by atoms with E-state index in [1.807, 2.05) is 0 Å². The summed E-state index contributed by atoms with van der Waals surface area (Å²) < 4.78 is 5.02. The topological polar surface area (TPSA) is 68.3 Å². The van der Waals surface area contributed by atoms with Gasteiger partial charge in [0.15, 0.2) is 5.22 Å². The third-order valence-corrected chi connectivity index (χ3v) is 1.68. The highest BCUT2D eigenvalue weighted by Crippen LogP contribution is 2.12. The van der Waals surface area contributed by atoms with Crippen LogP contribution in [0.25, 0.3) is 0 Å². The molecule has 0 fully saturated rings. The van der Waals surface area contributed by atoms with Crippen LogP contribution >= 0.6 is 11.6 Å². The molecule has 0 bridgehead atoms. The van der Waals surface area contributed by atoms with Gasteiger partial charge < -0.3 is 15.5 Å². The largest absolute Gasteiger partial charge is 0.448 e. The van der Waals surface area contributed by atoms with Crippen molar-refractivity contribution in [1.82, 2.24) is 5.32 Å². The molecule has 0 unspecified atom stereocenters. The molecule has 13 heavy (non-hydrogen) atoms. The van der Waals surface area contributed by atoms with Crippen molar-refractivity contribution in [1.29, 1.82) is 0 Å². The number of carbonyl (C=O) groups is 1. The number of nitrogens with one attached hydrogen (secondary N) is 1. The molecule has 1 rings (SSSR count). The van der Waals surface area contributed by atoms with Crippen LogP contribution in [-0.2, 0) is 11.3 Å². The molecule has 0 radical (unpaired) electrons. The summed E-state index contributed by atoms with van der Waals surface area (Å²) in [6.07, 6.45) is 0. The molecule has 0 spiro atoms. The fourth-order valence-corrected chi connectivity index (χ4v) is 0.944. The van der Waals surface area contributed by atoms with Gasteiger partial charge in [-0.25, -0.2) is 0 Å². The van der Waals surface area contributed by atoms with Crippen molar-refractivity contribution in [3.8, 4) is 0 Å². The van der Waals surface area contributed by atoms with Gasteiger partial charge in [-0.05, 0) is 30.7 Å². The van der Waals surface area contributed by atoms with Crippen molar-refractivity contribution < 1.29 is 9.21 Å². The lowest BCUT2D eigenvalue weighted by Gasteiger charge is -2.04. The molecule has 0 saturated heterocycles. The van der Waals surface area contributed by atoms with Gasteiger partial charge in [0.1, 0.15) is 5.76 Å². The average molecular weight is 203 g/mol. The summed E-state index contributed by atoms with van der Waals surface area (Å²) in [5.74, 6) is 0.395. The lowest BCUT2D eigenvalue weighted by molar-refractivity contribution is -0.122. The highest BCUT2D eigenvalue weighted by atomic mass is 35.5. The Hall–Kier alpha value is -1.00. The molecule has 5 heteroatoms. The Morgan fingerprint density at radius 3 is 2.92 bits per heavy atom. The van der Waals surface area contributed by atoms with Gasteiger partial charge in [0.2, 0.25) is 5.91 Å². The summed E-state index contributed by atoms with van der Waals surface area (Å²) in [5, 5.41) is 2.91. The Bertz CT molecular complexity index is 296. The fraction of sp³-hybridized carbons (Fsp3) is 0.375. The first-order valence-electron chi connectivity index (χ1n) is 3.87. The van der Waals surface area contributed by atoms with Gasteiger partial charge in [0, 0.05) is 0 Å². The number of carbonyl (C=O) groups excluding carboxylic acids is 1. The van der Waals surface area contributed by atoms with Crippen molar-refractivity contribution in [2.24, 2.45) is 5.73 Å². The van der Waals surface area contributed by atoms with E-state index in [2.05, 4.69) is 5.32 Å². The van der Waals surface area contributed by atoms with E-state index in [1.54, 1.807) is 19.1 Å². The van der Waals surface area contributed by atoms with Gasteiger partial charge in [-0.3, -0.25) is 4.79 Å². The highest BCUT2D eigenvalue weighted by molar-refractivity contribution is 6.28. The van der Waals surface area contributed by atoms with Crippen LogP contribution in [0.1, 0.15) is 12.7 Å². The maximum Gasteiger partial charge on any atom is 0.237 e. The summed E-state index contributed by atoms with van der Waals surface area (Å²) >= 11 is 5.53. The number of hydrogen-bond acceptors (Lipinski definition) is 3. The summed E-state index contributed by atoms with van der Waals surface area (Å²) in [4.78, 5) is 11.0. The molecule has 1 amide bonds. The van der Waals surface area contributed by atoms with Crippen molar-refractivity contribution in [2.75, 3.05) is 0 Å². The van der Waals surface area contributed by atoms with Crippen LogP contribution < -0.4 is 11.1 Å². The van der Waals surface area contributed by atoms with Gasteiger partial charge in [0.25, 0.3) is 0 Å². The second-order valence-electron chi connectivity index (χ2n) is 2.71. The standard InChI is InChI=1S/C8H11ClN2O2/c1-5(10)8(12)11-4-6-2-3-7(9)13-6/h2-3,5H,4,10H2,1H3,(H,11,12)/t5-/m1/s1. The van der Waals surface area contributed by atoms with Crippen molar-refractivity contribution in [2.45, 2.75) is 19.5 Å². The van der Waals surface area contributed by atoms with Crippen molar-refractivity contribution in [3.05, 3.63) is 23.1 Å². The molecular formula is C8H11ClN2O2. The fourth-order valence-electron chi connectivity index (χ4n) is 0.782. The molecule has 0 aliphatic rings. The van der Waals surface area contributed by atoms with E-state index in [-0.39, 0.29) is 5.91 Å².